The fourth-order valence-corrected chi connectivity index (χ4v) is 1.71. The van der Waals surface area contributed by atoms with Crippen molar-refractivity contribution in [1.82, 2.24) is 0 Å². The van der Waals surface area contributed by atoms with E-state index < -0.39 is 5.60 Å². The molecule has 76 valence electrons. The molecule has 0 aliphatic rings. The highest BCUT2D eigenvalue weighted by atomic mass is 16.3. The highest BCUT2D eigenvalue weighted by molar-refractivity contribution is 5.24. The van der Waals surface area contributed by atoms with Crippen molar-refractivity contribution in [2.24, 2.45) is 5.92 Å². The van der Waals surface area contributed by atoms with E-state index in [-0.39, 0.29) is 5.92 Å². The summed E-state index contributed by atoms with van der Waals surface area (Å²) in [5.41, 5.74) is 0.193. The maximum absolute atomic E-state index is 10.5. The molecule has 0 aromatic heterocycles. The van der Waals surface area contributed by atoms with E-state index in [9.17, 15) is 5.11 Å². The van der Waals surface area contributed by atoms with Crippen LogP contribution in [0.25, 0.3) is 0 Å². The molecule has 0 heterocycles. The maximum Gasteiger partial charge on any atom is 0.0953 e. The Hall–Kier alpha value is -1.08. The van der Waals surface area contributed by atoms with Crippen LogP contribution in [0.2, 0.25) is 0 Å². The van der Waals surface area contributed by atoms with E-state index in [2.05, 4.69) is 6.58 Å². The first-order valence-corrected chi connectivity index (χ1v) is 5.05. The molecular weight excluding hydrogens is 172 g/mol. The Morgan fingerprint density at radius 2 is 2.00 bits per heavy atom. The van der Waals surface area contributed by atoms with Gasteiger partial charge in [-0.3, -0.25) is 0 Å². The first-order chi connectivity index (χ1) is 6.65. The molecular formula is C13H18O. The number of hydrogen-bond donors (Lipinski definition) is 1. The van der Waals surface area contributed by atoms with Crippen LogP contribution in [0.4, 0.5) is 0 Å². The molecule has 1 heteroatoms. The molecule has 14 heavy (non-hydrogen) atoms. The molecule has 0 amide bonds. The number of hydrogen-bond acceptors (Lipinski definition) is 1. The van der Waals surface area contributed by atoms with Gasteiger partial charge in [-0.05, 0) is 12.0 Å². The topological polar surface area (TPSA) is 20.2 Å². The van der Waals surface area contributed by atoms with E-state index in [1.54, 1.807) is 6.08 Å². The molecule has 0 unspecified atom stereocenters. The lowest BCUT2D eigenvalue weighted by Gasteiger charge is -2.32. The lowest BCUT2D eigenvalue weighted by atomic mass is 9.80. The minimum absolute atomic E-state index is 0.0647. The smallest absolute Gasteiger partial charge is 0.0953 e. The van der Waals surface area contributed by atoms with E-state index >= 15 is 0 Å². The van der Waals surface area contributed by atoms with Crippen molar-refractivity contribution in [1.29, 1.82) is 0 Å². The van der Waals surface area contributed by atoms with Crippen LogP contribution in [-0.2, 0) is 5.60 Å². The average Bonchev–Trinajstić information content (AvgIpc) is 2.28. The van der Waals surface area contributed by atoms with Crippen LogP contribution < -0.4 is 0 Å². The highest BCUT2D eigenvalue weighted by Gasteiger charge is 2.31. The molecule has 0 radical (unpaired) electrons. The summed E-state index contributed by atoms with van der Waals surface area (Å²) in [6.45, 7) is 7.72. The third-order valence-electron chi connectivity index (χ3n) is 2.92. The quantitative estimate of drug-likeness (QED) is 0.723. The van der Waals surface area contributed by atoms with Crippen molar-refractivity contribution < 1.29 is 5.11 Å². The Morgan fingerprint density at radius 1 is 1.43 bits per heavy atom. The first kappa shape index (κ1) is 11.0. The molecule has 0 aliphatic heterocycles. The number of aliphatic hydroxyl groups is 1. The molecule has 1 aromatic carbocycles. The molecule has 1 nitrogen and oxygen atoms in total. The van der Waals surface area contributed by atoms with Crippen molar-refractivity contribution in [2.45, 2.75) is 25.9 Å². The van der Waals surface area contributed by atoms with E-state index in [0.29, 0.717) is 6.42 Å². The summed E-state index contributed by atoms with van der Waals surface area (Å²) in [4.78, 5) is 0. The molecule has 0 saturated heterocycles. The van der Waals surface area contributed by atoms with Crippen LogP contribution in [0.3, 0.4) is 0 Å². The van der Waals surface area contributed by atoms with E-state index in [1.807, 2.05) is 44.2 Å². The number of benzene rings is 1. The van der Waals surface area contributed by atoms with Crippen LogP contribution in [0.15, 0.2) is 43.0 Å². The Balaban J connectivity index is 3.07. The van der Waals surface area contributed by atoms with Crippen LogP contribution in [0.1, 0.15) is 25.8 Å². The zero-order valence-corrected chi connectivity index (χ0v) is 8.90. The van der Waals surface area contributed by atoms with Gasteiger partial charge in [0.1, 0.15) is 0 Å². The van der Waals surface area contributed by atoms with Gasteiger partial charge in [-0.1, -0.05) is 50.3 Å². The average molecular weight is 190 g/mol. The largest absolute Gasteiger partial charge is 0.385 e. The SMILES string of the molecule is C=C[C@H](C)[C@@](O)(CC)c1ccccc1. The third-order valence-corrected chi connectivity index (χ3v) is 2.92. The summed E-state index contributed by atoms with van der Waals surface area (Å²) >= 11 is 0. The Bertz CT molecular complexity index is 291. The molecule has 0 fully saturated rings. The summed E-state index contributed by atoms with van der Waals surface area (Å²) in [6.07, 6.45) is 2.50. The van der Waals surface area contributed by atoms with Gasteiger partial charge in [0, 0.05) is 5.92 Å². The molecule has 1 N–H and O–H groups in total. The third kappa shape index (κ3) is 1.88. The molecule has 0 aliphatic carbocycles. The standard InChI is InChI=1S/C13H18O/c1-4-11(3)13(14,5-2)12-9-7-6-8-10-12/h4,6-11,14H,1,5H2,2-3H3/t11-,13-/m0/s1. The van der Waals surface area contributed by atoms with Gasteiger partial charge in [-0.25, -0.2) is 0 Å². The fraction of sp³-hybridized carbons (Fsp3) is 0.385. The number of rotatable bonds is 4. The molecule has 0 spiro atoms. The predicted molar refractivity (Wildman–Crippen MR) is 60.0 cm³/mol. The van der Waals surface area contributed by atoms with Crippen molar-refractivity contribution in [3.05, 3.63) is 48.6 Å². The monoisotopic (exact) mass is 190 g/mol. The second-order valence-electron chi connectivity index (χ2n) is 3.67. The van der Waals surface area contributed by atoms with E-state index in [4.69, 9.17) is 0 Å². The van der Waals surface area contributed by atoms with Crippen LogP contribution in [-0.4, -0.2) is 5.11 Å². The Morgan fingerprint density at radius 3 is 2.43 bits per heavy atom. The van der Waals surface area contributed by atoms with Crippen LogP contribution >= 0.6 is 0 Å². The molecule has 1 rings (SSSR count). The normalized spacial score (nSPS) is 17.1. The Labute approximate surface area is 86.1 Å². The molecule has 2 atom stereocenters. The zero-order valence-electron chi connectivity index (χ0n) is 8.90. The van der Waals surface area contributed by atoms with Gasteiger partial charge in [0.15, 0.2) is 0 Å². The fourth-order valence-electron chi connectivity index (χ4n) is 1.71. The van der Waals surface area contributed by atoms with Crippen LogP contribution in [0, 0.1) is 5.92 Å². The van der Waals surface area contributed by atoms with Crippen molar-refractivity contribution in [3.63, 3.8) is 0 Å². The van der Waals surface area contributed by atoms with Gasteiger partial charge in [0.05, 0.1) is 5.60 Å². The second kappa shape index (κ2) is 4.43. The van der Waals surface area contributed by atoms with Gasteiger partial charge in [-0.15, -0.1) is 6.58 Å². The summed E-state index contributed by atoms with van der Waals surface area (Å²) in [5, 5.41) is 10.5. The zero-order chi connectivity index (χ0) is 10.6. The predicted octanol–water partition coefficient (Wildman–Crippen LogP) is 3.11. The van der Waals surface area contributed by atoms with Gasteiger partial charge in [0.2, 0.25) is 0 Å². The van der Waals surface area contributed by atoms with E-state index in [1.165, 1.54) is 0 Å². The molecule has 1 aromatic rings. The summed E-state index contributed by atoms with van der Waals surface area (Å²) in [7, 11) is 0. The molecule has 0 bridgehead atoms. The minimum atomic E-state index is -0.775. The van der Waals surface area contributed by atoms with Crippen molar-refractivity contribution in [3.8, 4) is 0 Å². The Kier molecular flexibility index (Phi) is 3.48. The van der Waals surface area contributed by atoms with Gasteiger partial charge >= 0.3 is 0 Å². The second-order valence-corrected chi connectivity index (χ2v) is 3.67. The first-order valence-electron chi connectivity index (χ1n) is 5.05. The lowest BCUT2D eigenvalue weighted by Crippen LogP contribution is -2.31. The minimum Gasteiger partial charge on any atom is -0.385 e. The molecule has 0 saturated carbocycles. The van der Waals surface area contributed by atoms with Crippen LogP contribution in [0.5, 0.6) is 0 Å². The van der Waals surface area contributed by atoms with Crippen molar-refractivity contribution in [2.75, 3.05) is 0 Å². The van der Waals surface area contributed by atoms with Gasteiger partial charge in [0.25, 0.3) is 0 Å². The lowest BCUT2D eigenvalue weighted by molar-refractivity contribution is -0.00307. The van der Waals surface area contributed by atoms with Crippen molar-refractivity contribution >= 4 is 0 Å². The van der Waals surface area contributed by atoms with Gasteiger partial charge < -0.3 is 5.11 Å². The maximum atomic E-state index is 10.5. The van der Waals surface area contributed by atoms with Gasteiger partial charge in [-0.2, -0.15) is 0 Å². The highest BCUT2D eigenvalue weighted by Crippen LogP contribution is 2.33. The summed E-state index contributed by atoms with van der Waals surface area (Å²) in [5.74, 6) is 0.0647. The summed E-state index contributed by atoms with van der Waals surface area (Å²) < 4.78 is 0. The van der Waals surface area contributed by atoms with E-state index in [0.717, 1.165) is 5.56 Å². The summed E-state index contributed by atoms with van der Waals surface area (Å²) in [6, 6.07) is 9.78.